The number of nitrogens with one attached hydrogen (secondary N) is 1. The number of benzene rings is 1. The topological polar surface area (TPSA) is 119 Å². The minimum atomic E-state index is -1.04. The number of anilines is 2. The number of aromatic nitrogens is 4. The summed E-state index contributed by atoms with van der Waals surface area (Å²) in [7, 11) is 0. The summed E-state index contributed by atoms with van der Waals surface area (Å²) in [6, 6.07) is 1.57. The van der Waals surface area contributed by atoms with E-state index in [1.165, 1.54) is 22.8 Å². The molecule has 2 aliphatic rings. The molecule has 0 bridgehead atoms. The van der Waals surface area contributed by atoms with E-state index < -0.39 is 29.9 Å². The molecule has 2 aromatic heterocycles. The van der Waals surface area contributed by atoms with Crippen molar-refractivity contribution < 1.29 is 27.6 Å². The molecule has 2 aliphatic heterocycles. The quantitative estimate of drug-likeness (QED) is 0.620. The number of carbonyl (C=O) groups is 2. The Morgan fingerprint density at radius 1 is 1.24 bits per heavy atom. The second-order valence-electron chi connectivity index (χ2n) is 8.32. The van der Waals surface area contributed by atoms with Gasteiger partial charge in [-0.1, -0.05) is 5.16 Å². The summed E-state index contributed by atoms with van der Waals surface area (Å²) in [6.07, 6.45) is 0.233. The van der Waals surface area contributed by atoms with E-state index in [-0.39, 0.29) is 36.3 Å². The van der Waals surface area contributed by atoms with Crippen LogP contribution < -0.4 is 10.2 Å². The zero-order chi connectivity index (χ0) is 24.1. The summed E-state index contributed by atoms with van der Waals surface area (Å²) < 4.78 is 39.6. The number of amides is 3. The Morgan fingerprint density at radius 3 is 2.74 bits per heavy atom. The van der Waals surface area contributed by atoms with E-state index in [0.717, 1.165) is 6.07 Å². The molecule has 34 heavy (non-hydrogen) atoms. The predicted octanol–water partition coefficient (Wildman–Crippen LogP) is 3.30. The minimum absolute atomic E-state index is 0.0842. The minimum Gasteiger partial charge on any atom is -0.434 e. The van der Waals surface area contributed by atoms with Gasteiger partial charge in [-0.2, -0.15) is 10.1 Å². The summed E-state index contributed by atoms with van der Waals surface area (Å²) in [4.78, 5) is 32.6. The lowest BCUT2D eigenvalue weighted by atomic mass is 10.1. The molecule has 3 amide bonds. The first kappa shape index (κ1) is 21.8. The summed E-state index contributed by atoms with van der Waals surface area (Å²) in [6.45, 7) is 5.60. The van der Waals surface area contributed by atoms with E-state index >= 15 is 0 Å². The monoisotopic (exact) mass is 473 g/mol. The van der Waals surface area contributed by atoms with E-state index in [0.29, 0.717) is 23.8 Å². The molecule has 1 N–H and O–H groups in total. The summed E-state index contributed by atoms with van der Waals surface area (Å²) >= 11 is 0. The van der Waals surface area contributed by atoms with Gasteiger partial charge in [0.25, 0.3) is 5.89 Å². The molecule has 0 aliphatic carbocycles. The fourth-order valence-corrected chi connectivity index (χ4v) is 4.11. The van der Waals surface area contributed by atoms with Crippen LogP contribution in [0.3, 0.4) is 0 Å². The first-order chi connectivity index (χ1) is 16.2. The molecule has 5 rings (SSSR count). The molecule has 1 aromatic carbocycles. The van der Waals surface area contributed by atoms with Crippen molar-refractivity contribution in [1.29, 1.82) is 0 Å². The largest absolute Gasteiger partial charge is 0.434 e. The van der Waals surface area contributed by atoms with Gasteiger partial charge >= 0.3 is 12.1 Å². The van der Waals surface area contributed by atoms with Gasteiger partial charge in [0.05, 0.1) is 43.3 Å². The predicted molar refractivity (Wildman–Crippen MR) is 113 cm³/mol. The second-order valence-corrected chi connectivity index (χ2v) is 8.32. The van der Waals surface area contributed by atoms with Gasteiger partial charge in [-0.3, -0.25) is 9.58 Å². The van der Waals surface area contributed by atoms with Gasteiger partial charge in [-0.05, 0) is 32.4 Å². The fraction of sp³-hybridized carbons (Fsp3) is 0.381. The van der Waals surface area contributed by atoms with Gasteiger partial charge in [0.2, 0.25) is 6.10 Å². The van der Waals surface area contributed by atoms with Crippen LogP contribution in [0.2, 0.25) is 0 Å². The van der Waals surface area contributed by atoms with Gasteiger partial charge < -0.3 is 19.5 Å². The highest BCUT2D eigenvalue weighted by molar-refractivity contribution is 5.91. The molecule has 0 spiro atoms. The Balaban J connectivity index is 1.36. The highest BCUT2D eigenvalue weighted by Crippen LogP contribution is 2.34. The van der Waals surface area contributed by atoms with Gasteiger partial charge in [0.15, 0.2) is 17.5 Å². The lowest BCUT2D eigenvalue weighted by molar-refractivity contribution is 0.121. The number of fused-ring (bicyclic) bond motifs is 1. The Hall–Kier alpha value is -4.03. The Kier molecular flexibility index (Phi) is 5.18. The number of halogens is 2. The standard InChI is InChI=1S/C21H21F2N7O4/c1-10-4-13(5-14(22)18(10)23)26-20(31)28-8-16-15(6-24-30(16)7-11(28)2)29-9-17(33-21(29)32)19-25-12(3)27-34-19/h4-6,11,17H,7-9H2,1-3H3,(H,26,31)/t11-,17?/m0/s1. The molecular formula is C21H21F2N7O4. The number of urea groups is 1. The van der Waals surface area contributed by atoms with E-state index in [1.807, 2.05) is 6.92 Å². The number of cyclic esters (lactones) is 1. The van der Waals surface area contributed by atoms with Crippen LogP contribution >= 0.6 is 0 Å². The molecule has 178 valence electrons. The van der Waals surface area contributed by atoms with Crippen molar-refractivity contribution in [2.45, 2.75) is 46.0 Å². The molecule has 0 saturated carbocycles. The van der Waals surface area contributed by atoms with Crippen LogP contribution in [0.5, 0.6) is 0 Å². The van der Waals surface area contributed by atoms with Gasteiger partial charge in [-0.25, -0.2) is 18.4 Å². The molecule has 4 heterocycles. The summed E-state index contributed by atoms with van der Waals surface area (Å²) in [5, 5.41) is 10.7. The number of rotatable bonds is 3. The summed E-state index contributed by atoms with van der Waals surface area (Å²) in [5.41, 5.74) is 1.36. The SMILES string of the molecule is Cc1noc(C2CN(c3cnn4c3CN(C(=O)Nc3cc(C)c(F)c(F)c3)[C@@H](C)C4)C(=O)O2)n1. The van der Waals surface area contributed by atoms with E-state index in [9.17, 15) is 18.4 Å². The van der Waals surface area contributed by atoms with Gasteiger partial charge in [0, 0.05) is 11.8 Å². The van der Waals surface area contributed by atoms with Crippen molar-refractivity contribution in [3.05, 3.63) is 52.9 Å². The maximum Gasteiger partial charge on any atom is 0.415 e. The van der Waals surface area contributed by atoms with Gasteiger partial charge in [0.1, 0.15) is 0 Å². The molecule has 13 heteroatoms. The third kappa shape index (κ3) is 3.72. The maximum atomic E-state index is 13.8. The lowest BCUT2D eigenvalue weighted by Crippen LogP contribution is -2.47. The van der Waals surface area contributed by atoms with Crippen LogP contribution in [0, 0.1) is 25.5 Å². The van der Waals surface area contributed by atoms with Crippen LogP contribution in [-0.2, 0) is 17.8 Å². The first-order valence-electron chi connectivity index (χ1n) is 10.6. The van der Waals surface area contributed by atoms with Crippen LogP contribution in [0.1, 0.15) is 36.0 Å². The number of ether oxygens (including phenoxy) is 1. The first-order valence-corrected chi connectivity index (χ1v) is 10.6. The Morgan fingerprint density at radius 2 is 2.03 bits per heavy atom. The molecule has 0 radical (unpaired) electrons. The Bertz CT molecular complexity index is 1270. The fourth-order valence-electron chi connectivity index (χ4n) is 4.11. The molecule has 1 saturated heterocycles. The zero-order valence-electron chi connectivity index (χ0n) is 18.6. The van der Waals surface area contributed by atoms with Crippen LogP contribution in [0.15, 0.2) is 22.9 Å². The Labute approximate surface area is 192 Å². The molecule has 1 unspecified atom stereocenters. The second kappa shape index (κ2) is 8.08. The highest BCUT2D eigenvalue weighted by atomic mass is 19.2. The summed E-state index contributed by atoms with van der Waals surface area (Å²) in [5.74, 6) is -1.37. The van der Waals surface area contributed by atoms with Crippen molar-refractivity contribution in [1.82, 2.24) is 24.8 Å². The smallest absolute Gasteiger partial charge is 0.415 e. The molecular weight excluding hydrogens is 452 g/mol. The maximum absolute atomic E-state index is 13.8. The van der Waals surface area contributed by atoms with E-state index in [4.69, 9.17) is 9.26 Å². The number of hydrogen-bond acceptors (Lipinski definition) is 7. The van der Waals surface area contributed by atoms with Crippen molar-refractivity contribution in [2.75, 3.05) is 16.8 Å². The van der Waals surface area contributed by atoms with Crippen molar-refractivity contribution in [3.8, 4) is 0 Å². The zero-order valence-corrected chi connectivity index (χ0v) is 18.6. The van der Waals surface area contributed by atoms with Crippen molar-refractivity contribution in [3.63, 3.8) is 0 Å². The normalized spacial score (nSPS) is 19.9. The highest BCUT2D eigenvalue weighted by Gasteiger charge is 2.40. The molecule has 2 atom stereocenters. The average molecular weight is 473 g/mol. The number of aryl methyl sites for hydroxylation is 2. The van der Waals surface area contributed by atoms with E-state index in [1.54, 1.807) is 17.8 Å². The van der Waals surface area contributed by atoms with E-state index in [2.05, 4.69) is 20.6 Å². The third-order valence-electron chi connectivity index (χ3n) is 5.86. The number of carbonyl (C=O) groups excluding carboxylic acids is 2. The molecule has 1 fully saturated rings. The third-order valence-corrected chi connectivity index (χ3v) is 5.86. The van der Waals surface area contributed by atoms with Gasteiger partial charge in [-0.15, -0.1) is 0 Å². The lowest BCUT2D eigenvalue weighted by Gasteiger charge is -2.34. The van der Waals surface area contributed by atoms with Crippen LogP contribution in [0.25, 0.3) is 0 Å². The number of hydrogen-bond donors (Lipinski definition) is 1. The average Bonchev–Trinajstić information content (AvgIpc) is 3.49. The molecule has 11 nitrogen and oxygen atoms in total. The molecule has 3 aromatic rings. The van der Waals surface area contributed by atoms with Crippen molar-refractivity contribution >= 4 is 23.5 Å². The van der Waals surface area contributed by atoms with Crippen LogP contribution in [0.4, 0.5) is 29.7 Å². The number of nitrogens with zero attached hydrogens (tertiary/aromatic N) is 6. The van der Waals surface area contributed by atoms with Crippen LogP contribution in [-0.4, -0.2) is 49.5 Å². The van der Waals surface area contributed by atoms with Crippen molar-refractivity contribution in [2.24, 2.45) is 0 Å².